The highest BCUT2D eigenvalue weighted by molar-refractivity contribution is 7.10. The van der Waals surface area contributed by atoms with Crippen LogP contribution in [0.5, 0.6) is 0 Å². The van der Waals surface area contributed by atoms with Crippen LogP contribution < -0.4 is 5.32 Å². The third-order valence-electron chi connectivity index (χ3n) is 4.68. The number of thiophene rings is 1. The fourth-order valence-corrected chi connectivity index (χ4v) is 4.97. The Morgan fingerprint density at radius 1 is 1.33 bits per heavy atom. The van der Waals surface area contributed by atoms with Gasteiger partial charge in [0.05, 0.1) is 5.02 Å². The molecule has 0 bridgehead atoms. The summed E-state index contributed by atoms with van der Waals surface area (Å²) in [5, 5.41) is 6.85. The second kappa shape index (κ2) is 7.48. The van der Waals surface area contributed by atoms with Gasteiger partial charge in [0.15, 0.2) is 0 Å². The van der Waals surface area contributed by atoms with Gasteiger partial charge in [0.2, 0.25) is 0 Å². The molecule has 0 saturated heterocycles. The summed E-state index contributed by atoms with van der Waals surface area (Å²) in [6.07, 6.45) is 6.74. The highest BCUT2D eigenvalue weighted by atomic mass is 35.5. The number of hydrogen-bond acceptors (Lipinski definition) is 2. The standard InChI is InChI=1S/C18H30ClNS/c1-5-6-13-7-8-14(12-20-18(2,3)4)15(11-13)17-16(19)9-10-21-17/h9-10,13-15,20H,5-8,11-12H2,1-4H3. The highest BCUT2D eigenvalue weighted by Crippen LogP contribution is 2.45. The van der Waals surface area contributed by atoms with E-state index in [0.717, 1.165) is 23.4 Å². The molecule has 120 valence electrons. The summed E-state index contributed by atoms with van der Waals surface area (Å²) in [4.78, 5) is 1.43. The molecule has 0 spiro atoms. The maximum Gasteiger partial charge on any atom is 0.0547 e. The second-order valence-corrected chi connectivity index (χ2v) is 8.95. The van der Waals surface area contributed by atoms with Gasteiger partial charge in [-0.3, -0.25) is 0 Å². The lowest BCUT2D eigenvalue weighted by atomic mass is 9.72. The molecule has 1 aliphatic carbocycles. The van der Waals surface area contributed by atoms with E-state index in [4.69, 9.17) is 11.6 Å². The Balaban J connectivity index is 2.09. The molecule has 21 heavy (non-hydrogen) atoms. The van der Waals surface area contributed by atoms with Crippen molar-refractivity contribution < 1.29 is 0 Å². The van der Waals surface area contributed by atoms with Crippen LogP contribution in [0.25, 0.3) is 0 Å². The second-order valence-electron chi connectivity index (χ2n) is 7.60. The topological polar surface area (TPSA) is 12.0 Å². The van der Waals surface area contributed by atoms with Crippen LogP contribution in [0, 0.1) is 11.8 Å². The molecule has 1 aliphatic rings. The maximum atomic E-state index is 6.44. The van der Waals surface area contributed by atoms with E-state index in [1.165, 1.54) is 37.0 Å². The van der Waals surface area contributed by atoms with Crippen LogP contribution in [0.1, 0.15) is 70.6 Å². The summed E-state index contributed by atoms with van der Waals surface area (Å²) >= 11 is 8.30. The van der Waals surface area contributed by atoms with Crippen LogP contribution in [0.4, 0.5) is 0 Å². The van der Waals surface area contributed by atoms with E-state index in [1.54, 1.807) is 0 Å². The summed E-state index contributed by atoms with van der Waals surface area (Å²) in [7, 11) is 0. The summed E-state index contributed by atoms with van der Waals surface area (Å²) in [6, 6.07) is 2.07. The maximum absolute atomic E-state index is 6.44. The molecule has 0 amide bonds. The van der Waals surface area contributed by atoms with E-state index < -0.39 is 0 Å². The van der Waals surface area contributed by atoms with Crippen molar-refractivity contribution in [2.24, 2.45) is 11.8 Å². The van der Waals surface area contributed by atoms with Gasteiger partial charge in [-0.2, -0.15) is 0 Å². The van der Waals surface area contributed by atoms with E-state index in [9.17, 15) is 0 Å². The minimum atomic E-state index is 0.198. The Morgan fingerprint density at radius 3 is 2.67 bits per heavy atom. The van der Waals surface area contributed by atoms with Gasteiger partial charge in [-0.05, 0) is 69.4 Å². The molecule has 1 aromatic rings. The Morgan fingerprint density at radius 2 is 2.10 bits per heavy atom. The summed E-state index contributed by atoms with van der Waals surface area (Å²) in [5.74, 6) is 2.27. The first kappa shape index (κ1) is 17.3. The Labute approximate surface area is 139 Å². The zero-order chi connectivity index (χ0) is 15.5. The minimum absolute atomic E-state index is 0.198. The van der Waals surface area contributed by atoms with E-state index in [-0.39, 0.29) is 5.54 Å². The predicted molar refractivity (Wildman–Crippen MR) is 95.6 cm³/mol. The molecule has 3 atom stereocenters. The van der Waals surface area contributed by atoms with Crippen LogP contribution in [0.3, 0.4) is 0 Å². The van der Waals surface area contributed by atoms with Gasteiger partial charge in [0.25, 0.3) is 0 Å². The molecule has 0 radical (unpaired) electrons. The van der Waals surface area contributed by atoms with Gasteiger partial charge in [0, 0.05) is 10.4 Å². The van der Waals surface area contributed by atoms with E-state index in [0.29, 0.717) is 5.92 Å². The van der Waals surface area contributed by atoms with Crippen molar-refractivity contribution >= 4 is 22.9 Å². The first-order valence-corrected chi connectivity index (χ1v) is 9.64. The van der Waals surface area contributed by atoms with Gasteiger partial charge in [-0.15, -0.1) is 11.3 Å². The average molecular weight is 328 g/mol. The number of rotatable bonds is 5. The highest BCUT2D eigenvalue weighted by Gasteiger charge is 2.33. The Bertz CT molecular complexity index is 435. The molecule has 1 saturated carbocycles. The summed E-state index contributed by atoms with van der Waals surface area (Å²) < 4.78 is 0. The van der Waals surface area contributed by atoms with Crippen LogP contribution in [-0.4, -0.2) is 12.1 Å². The van der Waals surface area contributed by atoms with Gasteiger partial charge >= 0.3 is 0 Å². The van der Waals surface area contributed by atoms with Crippen LogP contribution in [-0.2, 0) is 0 Å². The van der Waals surface area contributed by atoms with Crippen molar-refractivity contribution in [3.8, 4) is 0 Å². The van der Waals surface area contributed by atoms with Crippen molar-refractivity contribution in [3.63, 3.8) is 0 Å². The lowest BCUT2D eigenvalue weighted by Crippen LogP contribution is -2.41. The van der Waals surface area contributed by atoms with E-state index in [1.807, 2.05) is 11.3 Å². The molecule has 1 nitrogen and oxygen atoms in total. The molecule has 1 N–H and O–H groups in total. The quantitative estimate of drug-likeness (QED) is 0.690. The fraction of sp³-hybridized carbons (Fsp3) is 0.778. The predicted octanol–water partition coefficient (Wildman–Crippen LogP) is 6.09. The molecule has 1 aromatic heterocycles. The van der Waals surface area contributed by atoms with E-state index >= 15 is 0 Å². The lowest BCUT2D eigenvalue weighted by molar-refractivity contribution is 0.211. The van der Waals surface area contributed by atoms with Gasteiger partial charge in [-0.25, -0.2) is 0 Å². The van der Waals surface area contributed by atoms with Crippen molar-refractivity contribution in [2.75, 3.05) is 6.54 Å². The molecule has 3 unspecified atom stereocenters. The molecule has 1 fully saturated rings. The van der Waals surface area contributed by atoms with Crippen molar-refractivity contribution in [1.82, 2.24) is 5.32 Å². The molecule has 0 aliphatic heterocycles. The zero-order valence-electron chi connectivity index (χ0n) is 13.9. The lowest BCUT2D eigenvalue weighted by Gasteiger charge is -2.37. The normalized spacial score (nSPS) is 27.0. The molecule has 2 rings (SSSR count). The van der Waals surface area contributed by atoms with Gasteiger partial charge in [-0.1, -0.05) is 37.8 Å². The summed E-state index contributed by atoms with van der Waals surface area (Å²) in [6.45, 7) is 10.2. The number of halogens is 1. The van der Waals surface area contributed by atoms with E-state index in [2.05, 4.69) is 44.5 Å². The van der Waals surface area contributed by atoms with Crippen molar-refractivity contribution in [1.29, 1.82) is 0 Å². The summed E-state index contributed by atoms with van der Waals surface area (Å²) in [5.41, 5.74) is 0.198. The molecule has 3 heteroatoms. The van der Waals surface area contributed by atoms with Crippen LogP contribution >= 0.6 is 22.9 Å². The molecular weight excluding hydrogens is 298 g/mol. The van der Waals surface area contributed by atoms with Crippen molar-refractivity contribution in [3.05, 3.63) is 21.3 Å². The fourth-order valence-electron chi connectivity index (χ4n) is 3.56. The Hall–Kier alpha value is -0.0500. The van der Waals surface area contributed by atoms with Crippen LogP contribution in [0.15, 0.2) is 11.4 Å². The smallest absolute Gasteiger partial charge is 0.0547 e. The molecule has 1 heterocycles. The minimum Gasteiger partial charge on any atom is -0.312 e. The van der Waals surface area contributed by atoms with Gasteiger partial charge in [0.1, 0.15) is 0 Å². The Kier molecular flexibility index (Phi) is 6.16. The zero-order valence-corrected chi connectivity index (χ0v) is 15.5. The van der Waals surface area contributed by atoms with Crippen molar-refractivity contribution in [2.45, 2.75) is 71.3 Å². The average Bonchev–Trinajstić information content (AvgIpc) is 2.83. The third-order valence-corrected chi connectivity index (χ3v) is 6.17. The molecule has 0 aromatic carbocycles. The third kappa shape index (κ3) is 4.97. The first-order valence-electron chi connectivity index (χ1n) is 8.38. The number of nitrogens with one attached hydrogen (secondary N) is 1. The van der Waals surface area contributed by atoms with Gasteiger partial charge < -0.3 is 5.32 Å². The first-order chi connectivity index (χ1) is 9.90. The largest absolute Gasteiger partial charge is 0.312 e. The monoisotopic (exact) mass is 327 g/mol. The number of hydrogen-bond donors (Lipinski definition) is 1. The SMILES string of the molecule is CCCC1CCC(CNC(C)(C)C)C(c2sccc2Cl)C1. The molecular formula is C18H30ClNS. The van der Waals surface area contributed by atoms with Crippen LogP contribution in [0.2, 0.25) is 5.02 Å².